The molecule has 0 atom stereocenters. The first-order chi connectivity index (χ1) is 2.77. The van der Waals surface area contributed by atoms with Crippen molar-refractivity contribution < 1.29 is 4.79 Å². The van der Waals surface area contributed by atoms with Crippen molar-refractivity contribution in [2.75, 3.05) is 0 Å². The zero-order valence-electron chi connectivity index (χ0n) is 3.36. The van der Waals surface area contributed by atoms with Crippen LogP contribution in [0.4, 0.5) is 0 Å². The molecule has 0 saturated carbocycles. The first-order valence-corrected chi connectivity index (χ1v) is 1.43. The Hall–Kier alpha value is -0.0400. The molecule has 0 aliphatic heterocycles. The van der Waals surface area contributed by atoms with Crippen LogP contribution in [0.3, 0.4) is 0 Å². The summed E-state index contributed by atoms with van der Waals surface area (Å²) in [5.74, 6) is -0.322. The molecule has 0 rings (SSSR count). The van der Waals surface area contributed by atoms with Crippen molar-refractivity contribution >= 4 is 35.5 Å². The standard InChI is InChI=1S/C3H4N2O.Na.H/c1-3(6)5-2-4;;/h1H3,(H,5,6);;. The van der Waals surface area contributed by atoms with Gasteiger partial charge in [0.05, 0.1) is 0 Å². The van der Waals surface area contributed by atoms with Gasteiger partial charge < -0.3 is 0 Å². The van der Waals surface area contributed by atoms with Crippen molar-refractivity contribution in [3.63, 3.8) is 0 Å². The van der Waals surface area contributed by atoms with E-state index in [-0.39, 0.29) is 35.5 Å². The Balaban J connectivity index is 0. The van der Waals surface area contributed by atoms with Crippen LogP contribution in [0.1, 0.15) is 6.92 Å². The van der Waals surface area contributed by atoms with Gasteiger partial charge in [0.15, 0.2) is 6.19 Å². The molecule has 0 heterocycles. The summed E-state index contributed by atoms with van der Waals surface area (Å²) in [7, 11) is 0. The van der Waals surface area contributed by atoms with Crippen molar-refractivity contribution in [2.24, 2.45) is 0 Å². The van der Waals surface area contributed by atoms with Crippen LogP contribution in [0, 0.1) is 11.5 Å². The number of nitrogens with one attached hydrogen (secondary N) is 1. The van der Waals surface area contributed by atoms with E-state index in [0.29, 0.717) is 0 Å². The molecule has 4 heteroatoms. The predicted octanol–water partition coefficient (Wildman–Crippen LogP) is -1.04. The van der Waals surface area contributed by atoms with Gasteiger partial charge in [-0.1, -0.05) is 0 Å². The average molecular weight is 108 g/mol. The molecule has 0 unspecified atom stereocenters. The van der Waals surface area contributed by atoms with Crippen LogP contribution in [0.5, 0.6) is 0 Å². The van der Waals surface area contributed by atoms with Crippen molar-refractivity contribution in [3.8, 4) is 6.19 Å². The van der Waals surface area contributed by atoms with Crippen LogP contribution >= 0.6 is 0 Å². The molecule has 3 nitrogen and oxygen atoms in total. The molecule has 0 fully saturated rings. The van der Waals surface area contributed by atoms with Gasteiger partial charge in [-0.3, -0.25) is 10.1 Å². The van der Waals surface area contributed by atoms with Gasteiger partial charge in [0.25, 0.3) is 0 Å². The number of carbonyl (C=O) groups is 1. The summed E-state index contributed by atoms with van der Waals surface area (Å²) in [6.07, 6.45) is 1.47. The normalized spacial score (nSPS) is 5.14. The van der Waals surface area contributed by atoms with Gasteiger partial charge in [0.1, 0.15) is 0 Å². The van der Waals surface area contributed by atoms with Crippen LogP contribution in [0.15, 0.2) is 0 Å². The van der Waals surface area contributed by atoms with Crippen molar-refractivity contribution in [3.05, 3.63) is 0 Å². The van der Waals surface area contributed by atoms with E-state index in [1.165, 1.54) is 13.1 Å². The number of hydrogen-bond donors (Lipinski definition) is 1. The number of hydrogen-bond acceptors (Lipinski definition) is 2. The molecule has 1 amide bonds. The monoisotopic (exact) mass is 108 g/mol. The molecule has 0 radical (unpaired) electrons. The van der Waals surface area contributed by atoms with Crippen LogP contribution in [-0.2, 0) is 4.79 Å². The average Bonchev–Trinajstić information content (AvgIpc) is 1.35. The molecule has 0 aliphatic carbocycles. The second-order valence-electron chi connectivity index (χ2n) is 0.793. The molecule has 1 N–H and O–H groups in total. The van der Waals surface area contributed by atoms with Crippen LogP contribution in [0.2, 0.25) is 0 Å². The molecular weight excluding hydrogens is 103 g/mol. The zero-order chi connectivity index (χ0) is 4.99. The molecule has 0 spiro atoms. The van der Waals surface area contributed by atoms with Crippen LogP contribution in [0.25, 0.3) is 0 Å². The SMILES string of the molecule is CC(=O)NC#N.[NaH]. The third-order valence-electron chi connectivity index (χ3n) is 0.232. The molecule has 7 heavy (non-hydrogen) atoms. The fourth-order valence-corrected chi connectivity index (χ4v) is 0.0787. The van der Waals surface area contributed by atoms with Gasteiger partial charge in [0.2, 0.25) is 5.91 Å². The zero-order valence-corrected chi connectivity index (χ0v) is 3.36. The maximum atomic E-state index is 9.71. The topological polar surface area (TPSA) is 52.9 Å². The van der Waals surface area contributed by atoms with Gasteiger partial charge >= 0.3 is 29.6 Å². The summed E-state index contributed by atoms with van der Waals surface area (Å²) in [4.78, 5) is 9.71. The van der Waals surface area contributed by atoms with Gasteiger partial charge in [-0.25, -0.2) is 0 Å². The van der Waals surface area contributed by atoms with E-state index in [1.807, 2.05) is 5.32 Å². The summed E-state index contributed by atoms with van der Waals surface area (Å²) in [6.45, 7) is 1.28. The summed E-state index contributed by atoms with van der Waals surface area (Å²) in [6, 6.07) is 0. The summed E-state index contributed by atoms with van der Waals surface area (Å²) in [5, 5.41) is 9.53. The Labute approximate surface area is 64.0 Å². The summed E-state index contributed by atoms with van der Waals surface area (Å²) < 4.78 is 0. The van der Waals surface area contributed by atoms with Gasteiger partial charge in [-0.05, 0) is 0 Å². The molecule has 0 bridgehead atoms. The Bertz CT molecular complexity index is 95.6. The minimum atomic E-state index is -0.322. The van der Waals surface area contributed by atoms with E-state index in [1.54, 1.807) is 0 Å². The van der Waals surface area contributed by atoms with Gasteiger partial charge in [-0.2, -0.15) is 5.26 Å². The summed E-state index contributed by atoms with van der Waals surface area (Å²) in [5.41, 5.74) is 0. The predicted molar refractivity (Wildman–Crippen MR) is 26.6 cm³/mol. The van der Waals surface area contributed by atoms with Crippen molar-refractivity contribution in [1.29, 1.82) is 5.26 Å². The van der Waals surface area contributed by atoms with Gasteiger partial charge in [0, 0.05) is 6.92 Å². The number of carbonyl (C=O) groups excluding carboxylic acids is 1. The van der Waals surface area contributed by atoms with E-state index in [4.69, 9.17) is 5.26 Å². The molecule has 0 saturated heterocycles. The Morgan fingerprint density at radius 2 is 2.29 bits per heavy atom. The van der Waals surface area contributed by atoms with Gasteiger partial charge in [-0.15, -0.1) is 0 Å². The third kappa shape index (κ3) is 10.7. The molecule has 34 valence electrons. The molecular formula is C3H5N2NaO. The first-order valence-electron chi connectivity index (χ1n) is 1.43. The number of nitrogens with zero attached hydrogens (tertiary/aromatic N) is 1. The first kappa shape index (κ1) is 10.0. The van der Waals surface area contributed by atoms with E-state index in [0.717, 1.165) is 0 Å². The number of rotatable bonds is 0. The third-order valence-corrected chi connectivity index (χ3v) is 0.232. The van der Waals surface area contributed by atoms with E-state index in [2.05, 4.69) is 0 Å². The Morgan fingerprint density at radius 1 is 1.86 bits per heavy atom. The van der Waals surface area contributed by atoms with E-state index in [9.17, 15) is 4.79 Å². The van der Waals surface area contributed by atoms with Crippen molar-refractivity contribution in [1.82, 2.24) is 5.32 Å². The number of nitriles is 1. The fourth-order valence-electron chi connectivity index (χ4n) is 0.0787. The molecule has 0 aromatic rings. The van der Waals surface area contributed by atoms with Crippen LogP contribution < -0.4 is 5.32 Å². The van der Waals surface area contributed by atoms with E-state index < -0.39 is 0 Å². The van der Waals surface area contributed by atoms with E-state index >= 15 is 0 Å². The molecule has 0 aromatic carbocycles. The fraction of sp³-hybridized carbons (Fsp3) is 0.333. The van der Waals surface area contributed by atoms with Crippen LogP contribution in [-0.4, -0.2) is 35.5 Å². The number of amides is 1. The van der Waals surface area contributed by atoms with Crippen molar-refractivity contribution in [2.45, 2.75) is 6.92 Å². The maximum absolute atomic E-state index is 9.71. The molecule has 0 aliphatic rings. The summed E-state index contributed by atoms with van der Waals surface area (Å²) >= 11 is 0. The quantitative estimate of drug-likeness (QED) is 0.244. The second kappa shape index (κ2) is 5.96. The molecule has 0 aromatic heterocycles. The Kier molecular flexibility index (Phi) is 8.56. The minimum absolute atomic E-state index is 0. The Morgan fingerprint density at radius 3 is 2.29 bits per heavy atom. The second-order valence-corrected chi connectivity index (χ2v) is 0.793.